The molecule has 4 atom stereocenters. The summed E-state index contributed by atoms with van der Waals surface area (Å²) in [6.07, 6.45) is 2.67. The summed E-state index contributed by atoms with van der Waals surface area (Å²) in [7, 11) is 0. The predicted octanol–water partition coefficient (Wildman–Crippen LogP) is 2.61. The van der Waals surface area contributed by atoms with Gasteiger partial charge >= 0.3 is 12.0 Å². The molecular weight excluding hydrogens is 244 g/mol. The monoisotopic (exact) mass is 272 g/mol. The van der Waals surface area contributed by atoms with Crippen LogP contribution in [0.5, 0.6) is 0 Å². The van der Waals surface area contributed by atoms with Crippen LogP contribution in [0.4, 0.5) is 4.79 Å². The van der Waals surface area contributed by atoms with Crippen molar-refractivity contribution in [1.29, 1.82) is 0 Å². The van der Waals surface area contributed by atoms with Crippen molar-refractivity contribution in [1.82, 2.24) is 10.6 Å². The molecule has 0 saturated heterocycles. The minimum Gasteiger partial charge on any atom is -0.480 e. The molecule has 0 aliphatic carbocycles. The quantitative estimate of drug-likeness (QED) is 0.635. The van der Waals surface area contributed by atoms with E-state index in [1.54, 1.807) is 0 Å². The van der Waals surface area contributed by atoms with E-state index in [0.717, 1.165) is 12.8 Å². The van der Waals surface area contributed by atoms with Gasteiger partial charge in [0.2, 0.25) is 0 Å². The zero-order valence-electron chi connectivity index (χ0n) is 12.7. The van der Waals surface area contributed by atoms with E-state index in [1.807, 2.05) is 20.8 Å². The van der Waals surface area contributed by atoms with E-state index in [2.05, 4.69) is 24.5 Å². The second-order valence-electron chi connectivity index (χ2n) is 5.47. The Kier molecular flexibility index (Phi) is 8.19. The zero-order chi connectivity index (χ0) is 15.0. The van der Waals surface area contributed by atoms with Crippen molar-refractivity contribution in [3.05, 3.63) is 0 Å². The summed E-state index contributed by atoms with van der Waals surface area (Å²) >= 11 is 0. The number of carboxylic acids is 1. The summed E-state index contributed by atoms with van der Waals surface area (Å²) < 4.78 is 0. The van der Waals surface area contributed by atoms with Crippen molar-refractivity contribution < 1.29 is 14.7 Å². The Labute approximate surface area is 116 Å². The molecule has 112 valence electrons. The molecule has 0 rings (SSSR count). The van der Waals surface area contributed by atoms with Crippen LogP contribution >= 0.6 is 0 Å². The molecule has 0 aliphatic rings. The van der Waals surface area contributed by atoms with E-state index in [4.69, 9.17) is 5.11 Å². The van der Waals surface area contributed by atoms with Gasteiger partial charge < -0.3 is 15.7 Å². The summed E-state index contributed by atoms with van der Waals surface area (Å²) in [6, 6.07) is -1.19. The Balaban J connectivity index is 4.30. The lowest BCUT2D eigenvalue weighted by molar-refractivity contribution is -0.140. The first-order valence-corrected chi connectivity index (χ1v) is 7.11. The van der Waals surface area contributed by atoms with Crippen LogP contribution in [-0.4, -0.2) is 29.2 Å². The number of carboxylic acid groups (broad SMARTS) is 1. The molecular formula is C14H28N2O3. The number of carbonyl (C=O) groups is 2. The van der Waals surface area contributed by atoms with Crippen LogP contribution in [0.15, 0.2) is 0 Å². The molecule has 0 aromatic heterocycles. The van der Waals surface area contributed by atoms with E-state index in [1.165, 1.54) is 0 Å². The molecule has 19 heavy (non-hydrogen) atoms. The maximum absolute atomic E-state index is 11.8. The average Bonchev–Trinajstić information content (AvgIpc) is 2.34. The molecule has 0 aromatic carbocycles. The van der Waals surface area contributed by atoms with Crippen LogP contribution in [0, 0.1) is 11.8 Å². The Hall–Kier alpha value is -1.26. The number of aliphatic carboxylic acids is 1. The minimum atomic E-state index is -0.987. The van der Waals surface area contributed by atoms with Gasteiger partial charge in [-0.1, -0.05) is 40.5 Å². The van der Waals surface area contributed by atoms with Crippen molar-refractivity contribution >= 4 is 12.0 Å². The third kappa shape index (κ3) is 7.03. The van der Waals surface area contributed by atoms with Gasteiger partial charge in [0.25, 0.3) is 0 Å². The Morgan fingerprint density at radius 3 is 2.05 bits per heavy atom. The van der Waals surface area contributed by atoms with Crippen LogP contribution < -0.4 is 10.6 Å². The highest BCUT2D eigenvalue weighted by Crippen LogP contribution is 2.10. The molecule has 3 N–H and O–H groups in total. The van der Waals surface area contributed by atoms with Crippen molar-refractivity contribution in [3.8, 4) is 0 Å². The molecule has 4 unspecified atom stereocenters. The molecule has 0 bridgehead atoms. The number of hydrogen-bond acceptors (Lipinski definition) is 2. The smallest absolute Gasteiger partial charge is 0.326 e. The van der Waals surface area contributed by atoms with Gasteiger partial charge in [-0.05, 0) is 25.2 Å². The van der Waals surface area contributed by atoms with Gasteiger partial charge in [-0.3, -0.25) is 0 Å². The van der Waals surface area contributed by atoms with E-state index < -0.39 is 18.0 Å². The molecule has 0 spiro atoms. The number of amides is 2. The van der Waals surface area contributed by atoms with Gasteiger partial charge in [0.15, 0.2) is 0 Å². The van der Waals surface area contributed by atoms with E-state index >= 15 is 0 Å². The summed E-state index contributed by atoms with van der Waals surface area (Å²) in [6.45, 7) is 9.91. The van der Waals surface area contributed by atoms with Gasteiger partial charge in [-0.15, -0.1) is 0 Å². The van der Waals surface area contributed by atoms with E-state index in [-0.39, 0.29) is 12.0 Å². The summed E-state index contributed by atoms with van der Waals surface area (Å²) in [5.41, 5.74) is 0. The third-order valence-corrected chi connectivity index (χ3v) is 3.60. The van der Waals surface area contributed by atoms with Crippen molar-refractivity contribution in [2.45, 2.75) is 66.0 Å². The topological polar surface area (TPSA) is 78.4 Å². The Bertz CT molecular complexity index is 294. The van der Waals surface area contributed by atoms with E-state index in [0.29, 0.717) is 12.3 Å². The van der Waals surface area contributed by atoms with Gasteiger partial charge in [0.1, 0.15) is 6.04 Å². The highest BCUT2D eigenvalue weighted by atomic mass is 16.4. The lowest BCUT2D eigenvalue weighted by Gasteiger charge is -2.23. The summed E-state index contributed by atoms with van der Waals surface area (Å²) in [5, 5.41) is 14.4. The van der Waals surface area contributed by atoms with Gasteiger partial charge in [-0.2, -0.15) is 0 Å². The predicted molar refractivity (Wildman–Crippen MR) is 76.1 cm³/mol. The molecule has 0 heterocycles. The molecule has 0 saturated carbocycles. The largest absolute Gasteiger partial charge is 0.480 e. The first-order valence-electron chi connectivity index (χ1n) is 7.11. The highest BCUT2D eigenvalue weighted by Gasteiger charge is 2.25. The molecule has 0 aromatic rings. The maximum Gasteiger partial charge on any atom is 0.326 e. The molecule has 0 fully saturated rings. The minimum absolute atomic E-state index is 0.0429. The van der Waals surface area contributed by atoms with Crippen molar-refractivity contribution in [2.24, 2.45) is 11.8 Å². The van der Waals surface area contributed by atoms with Crippen molar-refractivity contribution in [2.75, 3.05) is 0 Å². The molecule has 0 aliphatic heterocycles. The fourth-order valence-electron chi connectivity index (χ4n) is 1.92. The van der Waals surface area contributed by atoms with Crippen LogP contribution in [0.2, 0.25) is 0 Å². The van der Waals surface area contributed by atoms with Crippen LogP contribution in [-0.2, 0) is 4.79 Å². The van der Waals surface area contributed by atoms with Crippen LogP contribution in [0.3, 0.4) is 0 Å². The number of rotatable bonds is 8. The molecule has 5 nitrogen and oxygen atoms in total. The lowest BCUT2D eigenvalue weighted by Crippen LogP contribution is -2.51. The maximum atomic E-state index is 11.8. The standard InChI is InChI=1S/C14H28N2O3/c1-6-9(3)8-11(5)15-14(19)16-12(13(17)18)10(4)7-2/h9-12H,6-8H2,1-5H3,(H,17,18)(H2,15,16,19). The Morgan fingerprint density at radius 2 is 1.63 bits per heavy atom. The van der Waals surface area contributed by atoms with Gasteiger partial charge in [0.05, 0.1) is 0 Å². The average molecular weight is 272 g/mol. The van der Waals surface area contributed by atoms with Crippen LogP contribution in [0.25, 0.3) is 0 Å². The summed E-state index contributed by atoms with van der Waals surface area (Å²) in [5.74, 6) is -0.535. The fourth-order valence-corrected chi connectivity index (χ4v) is 1.92. The highest BCUT2D eigenvalue weighted by molar-refractivity contribution is 5.82. The normalized spacial score (nSPS) is 17.1. The summed E-state index contributed by atoms with van der Waals surface area (Å²) in [4.78, 5) is 22.9. The number of hydrogen-bond donors (Lipinski definition) is 3. The number of urea groups is 1. The number of nitrogens with one attached hydrogen (secondary N) is 2. The van der Waals surface area contributed by atoms with Crippen molar-refractivity contribution in [3.63, 3.8) is 0 Å². The first-order chi connectivity index (χ1) is 8.81. The second-order valence-corrected chi connectivity index (χ2v) is 5.47. The van der Waals surface area contributed by atoms with E-state index in [9.17, 15) is 9.59 Å². The first kappa shape index (κ1) is 17.7. The second kappa shape index (κ2) is 8.77. The lowest BCUT2D eigenvalue weighted by atomic mass is 9.99. The fraction of sp³-hybridized carbons (Fsp3) is 0.857. The molecule has 0 radical (unpaired) electrons. The van der Waals surface area contributed by atoms with Gasteiger partial charge in [0, 0.05) is 6.04 Å². The number of carbonyl (C=O) groups excluding carboxylic acids is 1. The molecule has 2 amide bonds. The SMILES string of the molecule is CCC(C)CC(C)NC(=O)NC(C(=O)O)C(C)CC. The Morgan fingerprint density at radius 1 is 1.05 bits per heavy atom. The molecule has 5 heteroatoms. The zero-order valence-corrected chi connectivity index (χ0v) is 12.7. The van der Waals surface area contributed by atoms with Gasteiger partial charge in [-0.25, -0.2) is 9.59 Å². The van der Waals surface area contributed by atoms with Crippen LogP contribution in [0.1, 0.15) is 53.9 Å². The third-order valence-electron chi connectivity index (χ3n) is 3.60.